The molecule has 106 valence electrons. The van der Waals surface area contributed by atoms with Crippen molar-refractivity contribution >= 4 is 11.6 Å². The fourth-order valence-electron chi connectivity index (χ4n) is 2.00. The Morgan fingerprint density at radius 2 is 1.85 bits per heavy atom. The Kier molecular flexibility index (Phi) is 4.93. The predicted octanol–water partition coefficient (Wildman–Crippen LogP) is 3.08. The summed E-state index contributed by atoms with van der Waals surface area (Å²) in [4.78, 5) is 10.8. The highest BCUT2D eigenvalue weighted by Crippen LogP contribution is 2.14. The third-order valence-electron chi connectivity index (χ3n) is 2.89. The second-order valence-corrected chi connectivity index (χ2v) is 5.16. The minimum Gasteiger partial charge on any atom is -0.497 e. The molecule has 2 rings (SSSR count). The quantitative estimate of drug-likeness (QED) is 0.794. The summed E-state index contributed by atoms with van der Waals surface area (Å²) in [6.45, 7) is 3.40. The van der Waals surface area contributed by atoms with Crippen molar-refractivity contribution in [1.29, 1.82) is 0 Å². The molecule has 1 aromatic heterocycles. The van der Waals surface area contributed by atoms with Crippen LogP contribution >= 0.6 is 11.6 Å². The molecular formula is C15H18ClN3O. The first-order valence-corrected chi connectivity index (χ1v) is 6.76. The number of hydrogen-bond donors (Lipinski definition) is 0. The molecule has 20 heavy (non-hydrogen) atoms. The second kappa shape index (κ2) is 6.68. The van der Waals surface area contributed by atoms with Crippen molar-refractivity contribution in [3.8, 4) is 5.75 Å². The van der Waals surface area contributed by atoms with Gasteiger partial charge in [-0.3, -0.25) is 4.90 Å². The molecule has 2 aromatic rings. The normalized spacial score (nSPS) is 10.8. The molecule has 5 heteroatoms. The second-order valence-electron chi connectivity index (χ2n) is 4.77. The number of rotatable bonds is 5. The van der Waals surface area contributed by atoms with E-state index in [1.807, 2.05) is 26.1 Å². The van der Waals surface area contributed by atoms with Crippen LogP contribution in [0, 0.1) is 6.92 Å². The van der Waals surface area contributed by atoms with E-state index in [0.29, 0.717) is 11.7 Å². The van der Waals surface area contributed by atoms with Crippen LogP contribution < -0.4 is 4.74 Å². The van der Waals surface area contributed by atoms with E-state index >= 15 is 0 Å². The molecule has 0 bridgehead atoms. The third kappa shape index (κ3) is 4.18. The first-order valence-electron chi connectivity index (χ1n) is 6.38. The van der Waals surface area contributed by atoms with Gasteiger partial charge in [-0.15, -0.1) is 0 Å². The van der Waals surface area contributed by atoms with Crippen LogP contribution in [-0.2, 0) is 13.1 Å². The molecule has 0 fully saturated rings. The number of ether oxygens (including phenoxy) is 1. The highest BCUT2D eigenvalue weighted by molar-refractivity contribution is 6.29. The van der Waals surface area contributed by atoms with Crippen molar-refractivity contribution in [3.63, 3.8) is 0 Å². The molecule has 0 radical (unpaired) electrons. The van der Waals surface area contributed by atoms with Gasteiger partial charge in [0.2, 0.25) is 0 Å². The number of aromatic nitrogens is 2. The Balaban J connectivity index is 1.98. The summed E-state index contributed by atoms with van der Waals surface area (Å²) in [7, 11) is 3.70. The highest BCUT2D eigenvalue weighted by Gasteiger charge is 2.06. The molecule has 1 aromatic carbocycles. The van der Waals surface area contributed by atoms with Crippen LogP contribution in [0.25, 0.3) is 0 Å². The van der Waals surface area contributed by atoms with Crippen LogP contribution in [0.3, 0.4) is 0 Å². The van der Waals surface area contributed by atoms with Crippen LogP contribution in [-0.4, -0.2) is 29.0 Å². The zero-order valence-electron chi connectivity index (χ0n) is 11.9. The summed E-state index contributed by atoms with van der Waals surface area (Å²) in [6, 6.07) is 9.79. The lowest BCUT2D eigenvalue weighted by Gasteiger charge is -2.16. The van der Waals surface area contributed by atoms with Crippen LogP contribution in [0.1, 0.15) is 17.1 Å². The van der Waals surface area contributed by atoms with E-state index in [4.69, 9.17) is 16.3 Å². The van der Waals surface area contributed by atoms with Crippen molar-refractivity contribution in [2.24, 2.45) is 0 Å². The number of aryl methyl sites for hydroxylation is 1. The first-order chi connectivity index (χ1) is 9.56. The minimum absolute atomic E-state index is 0.491. The van der Waals surface area contributed by atoms with Crippen molar-refractivity contribution < 1.29 is 4.74 Å². The molecule has 0 unspecified atom stereocenters. The molecular weight excluding hydrogens is 274 g/mol. The van der Waals surface area contributed by atoms with E-state index in [-0.39, 0.29) is 0 Å². The number of halogens is 1. The van der Waals surface area contributed by atoms with E-state index in [9.17, 15) is 0 Å². The zero-order chi connectivity index (χ0) is 14.5. The maximum absolute atomic E-state index is 5.94. The van der Waals surface area contributed by atoms with Gasteiger partial charge in [0.1, 0.15) is 16.7 Å². The van der Waals surface area contributed by atoms with E-state index in [0.717, 1.165) is 23.8 Å². The van der Waals surface area contributed by atoms with E-state index in [2.05, 4.69) is 27.0 Å². The Hall–Kier alpha value is -1.65. The van der Waals surface area contributed by atoms with Gasteiger partial charge in [-0.25, -0.2) is 9.97 Å². The van der Waals surface area contributed by atoms with Crippen LogP contribution in [0.5, 0.6) is 5.75 Å². The van der Waals surface area contributed by atoms with Gasteiger partial charge in [-0.05, 0) is 37.7 Å². The SMILES string of the molecule is COc1ccc(CN(C)Cc2nc(C)cc(Cl)n2)cc1. The molecule has 0 amide bonds. The zero-order valence-corrected chi connectivity index (χ0v) is 12.7. The lowest BCUT2D eigenvalue weighted by atomic mass is 10.2. The van der Waals surface area contributed by atoms with Gasteiger partial charge >= 0.3 is 0 Å². The van der Waals surface area contributed by atoms with Gasteiger partial charge in [0, 0.05) is 12.2 Å². The largest absolute Gasteiger partial charge is 0.497 e. The fourth-order valence-corrected chi connectivity index (χ4v) is 2.25. The Morgan fingerprint density at radius 1 is 1.15 bits per heavy atom. The van der Waals surface area contributed by atoms with E-state index in [1.54, 1.807) is 13.2 Å². The van der Waals surface area contributed by atoms with Crippen LogP contribution in [0.15, 0.2) is 30.3 Å². The predicted molar refractivity (Wildman–Crippen MR) is 79.9 cm³/mol. The maximum Gasteiger partial charge on any atom is 0.144 e. The molecule has 0 N–H and O–H groups in total. The highest BCUT2D eigenvalue weighted by atomic mass is 35.5. The molecule has 0 aliphatic carbocycles. The van der Waals surface area contributed by atoms with E-state index in [1.165, 1.54) is 5.56 Å². The average molecular weight is 292 g/mol. The summed E-state index contributed by atoms with van der Waals surface area (Å²) in [6.07, 6.45) is 0. The van der Waals surface area contributed by atoms with Crippen LogP contribution in [0.4, 0.5) is 0 Å². The summed E-state index contributed by atoms with van der Waals surface area (Å²) < 4.78 is 5.15. The number of benzene rings is 1. The molecule has 0 saturated heterocycles. The number of methoxy groups -OCH3 is 1. The monoisotopic (exact) mass is 291 g/mol. The topological polar surface area (TPSA) is 38.2 Å². The molecule has 0 saturated carbocycles. The smallest absolute Gasteiger partial charge is 0.144 e. The molecule has 4 nitrogen and oxygen atoms in total. The number of nitrogens with zero attached hydrogens (tertiary/aromatic N) is 3. The molecule has 0 aliphatic heterocycles. The van der Waals surface area contributed by atoms with Gasteiger partial charge in [-0.2, -0.15) is 0 Å². The Morgan fingerprint density at radius 3 is 2.45 bits per heavy atom. The Bertz CT molecular complexity index is 552. The summed E-state index contributed by atoms with van der Waals surface area (Å²) in [5.41, 5.74) is 2.10. The summed E-state index contributed by atoms with van der Waals surface area (Å²) in [5.74, 6) is 1.61. The van der Waals surface area contributed by atoms with Crippen molar-refractivity contribution in [1.82, 2.24) is 14.9 Å². The van der Waals surface area contributed by atoms with Gasteiger partial charge in [0.05, 0.1) is 13.7 Å². The van der Waals surface area contributed by atoms with Crippen LogP contribution in [0.2, 0.25) is 5.15 Å². The van der Waals surface area contributed by atoms with Gasteiger partial charge in [0.25, 0.3) is 0 Å². The molecule has 0 spiro atoms. The van der Waals surface area contributed by atoms with Gasteiger partial charge in [0.15, 0.2) is 0 Å². The number of hydrogen-bond acceptors (Lipinski definition) is 4. The maximum atomic E-state index is 5.94. The van der Waals surface area contributed by atoms with Crippen molar-refractivity contribution in [2.45, 2.75) is 20.0 Å². The minimum atomic E-state index is 0.491. The molecule has 1 heterocycles. The first kappa shape index (κ1) is 14.8. The fraction of sp³-hybridized carbons (Fsp3) is 0.333. The average Bonchev–Trinajstić information content (AvgIpc) is 2.38. The van der Waals surface area contributed by atoms with Gasteiger partial charge < -0.3 is 4.74 Å². The molecule has 0 aliphatic rings. The lowest BCUT2D eigenvalue weighted by Crippen LogP contribution is -2.19. The molecule has 0 atom stereocenters. The Labute approximate surface area is 124 Å². The van der Waals surface area contributed by atoms with Crippen molar-refractivity contribution in [3.05, 3.63) is 52.6 Å². The standard InChI is InChI=1S/C15H18ClN3O/c1-11-8-14(16)18-15(17-11)10-19(2)9-12-4-6-13(20-3)7-5-12/h4-8H,9-10H2,1-3H3. The van der Waals surface area contributed by atoms with Crippen molar-refractivity contribution in [2.75, 3.05) is 14.2 Å². The van der Waals surface area contributed by atoms with Gasteiger partial charge in [-0.1, -0.05) is 23.7 Å². The summed E-state index contributed by atoms with van der Waals surface area (Å²) >= 11 is 5.94. The lowest BCUT2D eigenvalue weighted by molar-refractivity contribution is 0.310. The third-order valence-corrected chi connectivity index (χ3v) is 3.09. The summed E-state index contributed by atoms with van der Waals surface area (Å²) in [5, 5.41) is 0.491. The van der Waals surface area contributed by atoms with E-state index < -0.39 is 0 Å².